The standard InChI is InChI=1S/C24H23F3N4O3.C23H21F3N4O3.C14H12F3N3O2/c1-14(16-7-9-17(10-8-16)23(33)34-3)28-21(32)20-15(2)29-31-12-11-30(22(20)31)19-6-4-5-18(13-19)24(25,26)27;1-13(15-6-8-16(9-7-15)22(32)33)27-20(31)19-14(2)28-30-11-10-29(21(19)30)18-5-3-4-17(12-18)23(24,25)26;1-8-11(13(21)22)12-19(5-6-20(12)18-8)10-4-2-3-9(7-10)14(15,16)17/h4-10,13-14H,11-12H2,1-3H3,(H,28,32);3-9,12-13H,10-11H2,1-2H3,(H,27,31)(H,32,33);2-4,7H,5-6H2,1H3,(H,21,22)/t14-;13-;/m00./s1. The molecule has 8 aromatic rings. The fourth-order valence-electron chi connectivity index (χ4n) is 10.6. The monoisotopic (exact) mass is 1240 g/mol. The Kier molecular flexibility index (Phi) is 17.7. The molecule has 0 saturated carbocycles. The number of ether oxygens (including phenoxy) is 1. The van der Waals surface area contributed by atoms with Crippen molar-refractivity contribution in [2.45, 2.75) is 84.9 Å². The summed E-state index contributed by atoms with van der Waals surface area (Å²) in [4.78, 5) is 65.4. The maximum atomic E-state index is 13.2. The molecule has 2 atom stereocenters. The van der Waals surface area contributed by atoms with E-state index in [1.54, 1.807) is 107 Å². The number of aryl methyl sites for hydroxylation is 3. The number of esters is 1. The van der Waals surface area contributed by atoms with Crippen LogP contribution in [0.4, 0.5) is 74.0 Å². The first kappa shape index (κ1) is 63.4. The van der Waals surface area contributed by atoms with Crippen LogP contribution < -0.4 is 25.3 Å². The van der Waals surface area contributed by atoms with Crippen LogP contribution in [0.15, 0.2) is 121 Å². The predicted octanol–water partition coefficient (Wildman–Crippen LogP) is 12.3. The van der Waals surface area contributed by atoms with E-state index in [1.807, 2.05) is 0 Å². The number of carboxylic acids is 2. The summed E-state index contributed by atoms with van der Waals surface area (Å²) in [6.07, 6.45) is -13.4. The van der Waals surface area contributed by atoms with E-state index in [0.29, 0.717) is 113 Å². The molecule has 0 bridgehead atoms. The van der Waals surface area contributed by atoms with E-state index in [9.17, 15) is 68.6 Å². The highest BCUT2D eigenvalue weighted by atomic mass is 19.4. The quantitative estimate of drug-likeness (QED) is 0.0660. The van der Waals surface area contributed by atoms with Crippen molar-refractivity contribution in [3.05, 3.63) is 194 Å². The number of carboxylic acid groups (broad SMARTS) is 2. The predicted molar refractivity (Wildman–Crippen MR) is 306 cm³/mol. The lowest BCUT2D eigenvalue weighted by Crippen LogP contribution is -2.28. The van der Waals surface area contributed by atoms with Crippen LogP contribution in [0, 0.1) is 20.8 Å². The summed E-state index contributed by atoms with van der Waals surface area (Å²) in [5, 5.41) is 37.1. The van der Waals surface area contributed by atoms with Crippen molar-refractivity contribution in [2.75, 3.05) is 41.4 Å². The van der Waals surface area contributed by atoms with Crippen LogP contribution in [0.3, 0.4) is 0 Å². The number of fused-ring (bicyclic) bond motifs is 3. The third-order valence-corrected chi connectivity index (χ3v) is 15.0. The van der Waals surface area contributed by atoms with E-state index in [0.717, 1.165) is 42.0 Å². The number of nitrogens with one attached hydrogen (secondary N) is 2. The van der Waals surface area contributed by atoms with Crippen molar-refractivity contribution in [3.63, 3.8) is 0 Å². The highest BCUT2D eigenvalue weighted by Crippen LogP contribution is 2.42. The molecule has 0 saturated heterocycles. The molecule has 0 aliphatic carbocycles. The second-order valence-corrected chi connectivity index (χ2v) is 20.9. The first-order chi connectivity index (χ1) is 41.9. The summed E-state index contributed by atoms with van der Waals surface area (Å²) in [5.41, 5.74) is 2.63. The Hall–Kier alpha value is -10.2. The lowest BCUT2D eigenvalue weighted by Gasteiger charge is -2.21. The number of hydrogen-bond donors (Lipinski definition) is 4. The number of rotatable bonds is 12. The molecule has 19 nitrogen and oxygen atoms in total. The Morgan fingerprint density at radius 2 is 0.775 bits per heavy atom. The molecule has 0 unspecified atom stereocenters. The van der Waals surface area contributed by atoms with Gasteiger partial charge < -0.3 is 40.3 Å². The molecule has 6 heterocycles. The van der Waals surface area contributed by atoms with Crippen LogP contribution in [0.5, 0.6) is 0 Å². The second kappa shape index (κ2) is 24.9. The summed E-state index contributed by atoms with van der Waals surface area (Å²) in [6.45, 7) is 11.0. The Balaban J connectivity index is 0.000000162. The van der Waals surface area contributed by atoms with Gasteiger partial charge in [-0.1, -0.05) is 42.5 Å². The maximum absolute atomic E-state index is 13.2. The number of benzene rings is 5. The third kappa shape index (κ3) is 13.4. The molecular formula is C61H56F9N11O8. The van der Waals surface area contributed by atoms with Crippen LogP contribution in [-0.4, -0.2) is 96.0 Å². The molecule has 28 heteroatoms. The molecule has 0 radical (unpaired) electrons. The number of methoxy groups -OCH3 is 1. The topological polar surface area (TPSA) is 222 Å². The zero-order chi connectivity index (χ0) is 64.6. The SMILES string of the molecule is COC(=O)c1ccc([C@H](C)NC(=O)c2c(C)nn3c2N(c2cccc(C(F)(F)F)c2)CC3)cc1.Cc1nn2c(c1C(=O)N[C@@H](C)c1ccc(C(=O)O)cc1)N(c1cccc(C(F)(F)F)c1)CC2.Cc1nn2c(c1C(=O)O)N(c1cccc(C(F)(F)F)c1)CC2. The first-order valence-corrected chi connectivity index (χ1v) is 27.4. The van der Waals surface area contributed by atoms with Crippen molar-refractivity contribution in [1.82, 2.24) is 40.0 Å². The van der Waals surface area contributed by atoms with Gasteiger partial charge in [0.25, 0.3) is 11.8 Å². The van der Waals surface area contributed by atoms with Gasteiger partial charge in [-0.15, -0.1) is 0 Å². The fourth-order valence-corrected chi connectivity index (χ4v) is 10.6. The second-order valence-electron chi connectivity index (χ2n) is 20.9. The molecule has 11 rings (SSSR count). The summed E-state index contributed by atoms with van der Waals surface area (Å²) < 4.78 is 127. The van der Waals surface area contributed by atoms with Gasteiger partial charge in [-0.25, -0.2) is 28.4 Å². The number of amides is 2. The van der Waals surface area contributed by atoms with E-state index in [4.69, 9.17) is 9.84 Å². The smallest absolute Gasteiger partial charge is 0.416 e. The van der Waals surface area contributed by atoms with Crippen LogP contribution >= 0.6 is 0 Å². The van der Waals surface area contributed by atoms with Crippen molar-refractivity contribution >= 4 is 64.2 Å². The number of nitrogens with zero attached hydrogens (tertiary/aromatic N) is 9. The molecule has 89 heavy (non-hydrogen) atoms. The Morgan fingerprint density at radius 3 is 1.08 bits per heavy atom. The summed E-state index contributed by atoms with van der Waals surface area (Å²) in [5.74, 6) is -2.21. The maximum Gasteiger partial charge on any atom is 0.416 e. The molecule has 4 N–H and O–H groups in total. The third-order valence-electron chi connectivity index (χ3n) is 15.0. The highest BCUT2D eigenvalue weighted by molar-refractivity contribution is 6.02. The molecule has 3 aromatic heterocycles. The minimum atomic E-state index is -4.47. The van der Waals surface area contributed by atoms with Crippen LogP contribution in [0.2, 0.25) is 0 Å². The molecule has 0 fully saturated rings. The van der Waals surface area contributed by atoms with Gasteiger partial charge >= 0.3 is 36.4 Å². The van der Waals surface area contributed by atoms with Gasteiger partial charge in [-0.3, -0.25) is 9.59 Å². The zero-order valence-electron chi connectivity index (χ0n) is 48.2. The van der Waals surface area contributed by atoms with Gasteiger partial charge in [0.2, 0.25) is 0 Å². The van der Waals surface area contributed by atoms with E-state index in [2.05, 4.69) is 25.9 Å². The zero-order valence-corrected chi connectivity index (χ0v) is 48.2. The largest absolute Gasteiger partial charge is 0.478 e. The molecule has 466 valence electrons. The molecular weight excluding hydrogens is 1190 g/mol. The van der Waals surface area contributed by atoms with E-state index < -0.39 is 71.1 Å². The minimum absolute atomic E-state index is 0.0231. The number of carbonyl (C=O) groups is 5. The van der Waals surface area contributed by atoms with Crippen molar-refractivity contribution in [3.8, 4) is 0 Å². The summed E-state index contributed by atoms with van der Waals surface area (Å²) in [6, 6.07) is 26.9. The Morgan fingerprint density at radius 1 is 0.461 bits per heavy atom. The molecule has 2 amide bonds. The lowest BCUT2D eigenvalue weighted by atomic mass is 10.1. The van der Waals surface area contributed by atoms with Gasteiger partial charge in [0, 0.05) is 36.7 Å². The van der Waals surface area contributed by atoms with Crippen LogP contribution in [0.1, 0.15) is 123 Å². The van der Waals surface area contributed by atoms with Crippen molar-refractivity contribution in [2.24, 2.45) is 0 Å². The van der Waals surface area contributed by atoms with E-state index >= 15 is 0 Å². The van der Waals surface area contributed by atoms with E-state index in [1.165, 1.54) is 48.2 Å². The van der Waals surface area contributed by atoms with Crippen molar-refractivity contribution in [1.29, 1.82) is 0 Å². The average molecular weight is 1240 g/mol. The normalized spacial score (nSPS) is 14.1. The van der Waals surface area contributed by atoms with Gasteiger partial charge in [0.15, 0.2) is 0 Å². The lowest BCUT2D eigenvalue weighted by molar-refractivity contribution is -0.138. The Labute approximate surface area is 501 Å². The molecule has 0 spiro atoms. The molecule has 3 aliphatic rings. The van der Waals surface area contributed by atoms with Gasteiger partial charge in [0.05, 0.1) is 83.7 Å². The number of aromatic nitrogens is 6. The average Bonchev–Trinajstić information content (AvgIpc) is 1.73. The summed E-state index contributed by atoms with van der Waals surface area (Å²) in [7, 11) is 1.30. The van der Waals surface area contributed by atoms with Gasteiger partial charge in [-0.05, 0) is 125 Å². The van der Waals surface area contributed by atoms with Crippen molar-refractivity contribution < 1.29 is 78.4 Å². The number of hydrogen-bond acceptors (Lipinski definition) is 12. The molecule has 3 aliphatic heterocycles. The number of anilines is 6. The van der Waals surface area contributed by atoms with Gasteiger partial charge in [-0.2, -0.15) is 54.8 Å². The van der Waals surface area contributed by atoms with Gasteiger partial charge in [0.1, 0.15) is 34.1 Å². The fraction of sp³-hybridized carbons (Fsp3) is 0.279. The number of aromatic carboxylic acids is 2. The number of carbonyl (C=O) groups excluding carboxylic acids is 3. The highest BCUT2D eigenvalue weighted by Gasteiger charge is 2.38. The molecule has 5 aromatic carbocycles. The minimum Gasteiger partial charge on any atom is -0.478 e. The first-order valence-electron chi connectivity index (χ1n) is 27.4. The van der Waals surface area contributed by atoms with Crippen LogP contribution in [-0.2, 0) is 42.9 Å². The summed E-state index contributed by atoms with van der Waals surface area (Å²) >= 11 is 0. The number of halogens is 9. The van der Waals surface area contributed by atoms with Crippen LogP contribution in [0.25, 0.3) is 0 Å². The number of alkyl halides is 9. The van der Waals surface area contributed by atoms with E-state index in [-0.39, 0.29) is 17.0 Å². The Bertz CT molecular complexity index is 4010.